The molecule has 2 aromatic carbocycles. The van der Waals surface area contributed by atoms with Gasteiger partial charge in [-0.1, -0.05) is 24.3 Å². The van der Waals surface area contributed by atoms with Gasteiger partial charge in [-0.2, -0.15) is 0 Å². The Hall–Kier alpha value is -4.14. The first-order chi connectivity index (χ1) is 16.6. The van der Waals surface area contributed by atoms with Gasteiger partial charge in [0.2, 0.25) is 11.5 Å². The first kappa shape index (κ1) is 21.7. The molecule has 0 aliphatic carbocycles. The number of fused-ring (bicyclic) bond motifs is 3. The Morgan fingerprint density at radius 3 is 2.59 bits per heavy atom. The number of aromatic nitrogens is 2. The monoisotopic (exact) mass is 460 g/mol. The second-order valence-corrected chi connectivity index (χ2v) is 8.18. The molecule has 174 valence electrons. The largest absolute Gasteiger partial charge is 0.496 e. The third-order valence-electron chi connectivity index (χ3n) is 6.13. The maximum atomic E-state index is 13.0. The number of carbonyl (C=O) groups is 2. The van der Waals surface area contributed by atoms with Crippen LogP contribution < -0.4 is 10.3 Å². The van der Waals surface area contributed by atoms with Crippen LogP contribution in [0.1, 0.15) is 16.8 Å². The summed E-state index contributed by atoms with van der Waals surface area (Å²) in [5.41, 5.74) is 1.32. The van der Waals surface area contributed by atoms with Crippen molar-refractivity contribution >= 4 is 33.9 Å². The third-order valence-corrected chi connectivity index (χ3v) is 6.13. The predicted octanol–water partition coefficient (Wildman–Crippen LogP) is 2.53. The summed E-state index contributed by atoms with van der Waals surface area (Å²) in [4.78, 5) is 46.8. The molecule has 0 bridgehead atoms. The molecule has 1 aliphatic rings. The molecule has 0 spiro atoms. The van der Waals surface area contributed by atoms with Crippen molar-refractivity contribution in [3.05, 3.63) is 70.8 Å². The van der Waals surface area contributed by atoms with E-state index in [2.05, 4.69) is 4.98 Å². The number of amides is 2. The number of para-hydroxylation sites is 2. The van der Waals surface area contributed by atoms with Crippen LogP contribution in [-0.4, -0.2) is 64.5 Å². The summed E-state index contributed by atoms with van der Waals surface area (Å²) in [6, 6.07) is 14.4. The molecule has 0 N–H and O–H groups in total. The van der Waals surface area contributed by atoms with Gasteiger partial charge in [0.1, 0.15) is 23.4 Å². The van der Waals surface area contributed by atoms with E-state index in [-0.39, 0.29) is 23.9 Å². The Bertz CT molecular complexity index is 1440. The molecular formula is C25H24N4O5. The Labute approximate surface area is 195 Å². The highest BCUT2D eigenvalue weighted by Gasteiger charge is 2.25. The number of benzene rings is 2. The van der Waals surface area contributed by atoms with Crippen molar-refractivity contribution in [3.63, 3.8) is 0 Å². The summed E-state index contributed by atoms with van der Waals surface area (Å²) in [6.07, 6.45) is 2.03. The summed E-state index contributed by atoms with van der Waals surface area (Å²) in [6.45, 7) is 1.68. The average Bonchev–Trinajstić information content (AvgIpc) is 3.07. The maximum absolute atomic E-state index is 13.0. The minimum absolute atomic E-state index is 0.123. The van der Waals surface area contributed by atoms with Crippen LogP contribution in [0.4, 0.5) is 0 Å². The van der Waals surface area contributed by atoms with E-state index in [4.69, 9.17) is 9.15 Å². The zero-order valence-electron chi connectivity index (χ0n) is 18.8. The van der Waals surface area contributed by atoms with E-state index in [0.717, 1.165) is 5.39 Å². The fourth-order valence-electron chi connectivity index (χ4n) is 4.34. The quantitative estimate of drug-likeness (QED) is 0.464. The second-order valence-electron chi connectivity index (χ2n) is 8.18. The Kier molecular flexibility index (Phi) is 5.75. The smallest absolute Gasteiger partial charge is 0.297 e. The van der Waals surface area contributed by atoms with Crippen LogP contribution in [0, 0.1) is 0 Å². The molecule has 0 atom stereocenters. The number of hydrogen-bond acceptors (Lipinski definition) is 6. The van der Waals surface area contributed by atoms with E-state index in [1.165, 1.54) is 18.0 Å². The highest BCUT2D eigenvalue weighted by Crippen LogP contribution is 2.24. The van der Waals surface area contributed by atoms with Crippen molar-refractivity contribution in [3.8, 4) is 5.75 Å². The molecule has 4 aromatic rings. The van der Waals surface area contributed by atoms with Gasteiger partial charge in [0.05, 0.1) is 19.0 Å². The summed E-state index contributed by atoms with van der Waals surface area (Å²) in [5, 5.41) is 0.764. The van der Waals surface area contributed by atoms with Crippen LogP contribution in [-0.2, 0) is 11.3 Å². The van der Waals surface area contributed by atoms with Crippen LogP contribution in [0.3, 0.4) is 0 Å². The van der Waals surface area contributed by atoms with Crippen LogP contribution >= 0.6 is 0 Å². The average molecular weight is 460 g/mol. The molecule has 2 aromatic heterocycles. The lowest BCUT2D eigenvalue weighted by atomic mass is 10.1. The summed E-state index contributed by atoms with van der Waals surface area (Å²) in [7, 11) is 1.54. The lowest BCUT2D eigenvalue weighted by molar-refractivity contribution is -0.131. The minimum atomic E-state index is -0.391. The van der Waals surface area contributed by atoms with Crippen molar-refractivity contribution < 1.29 is 18.7 Å². The van der Waals surface area contributed by atoms with Gasteiger partial charge in [-0.3, -0.25) is 19.0 Å². The van der Waals surface area contributed by atoms with E-state index >= 15 is 0 Å². The maximum Gasteiger partial charge on any atom is 0.297 e. The van der Waals surface area contributed by atoms with Gasteiger partial charge in [-0.15, -0.1) is 0 Å². The molecule has 0 radical (unpaired) electrons. The van der Waals surface area contributed by atoms with E-state index in [1.807, 2.05) is 24.3 Å². The Morgan fingerprint density at radius 1 is 1.00 bits per heavy atom. The Morgan fingerprint density at radius 2 is 1.74 bits per heavy atom. The highest BCUT2D eigenvalue weighted by atomic mass is 16.5. The number of methoxy groups -OCH3 is 1. The van der Waals surface area contributed by atoms with Gasteiger partial charge in [-0.25, -0.2) is 4.98 Å². The molecule has 1 fully saturated rings. The van der Waals surface area contributed by atoms with Crippen molar-refractivity contribution in [2.45, 2.75) is 13.0 Å². The minimum Gasteiger partial charge on any atom is -0.496 e. The van der Waals surface area contributed by atoms with Gasteiger partial charge >= 0.3 is 0 Å². The Balaban J connectivity index is 1.30. The fraction of sp³-hybridized carbons (Fsp3) is 0.280. The number of nitrogens with zero attached hydrogens (tertiary/aromatic N) is 4. The SMILES string of the molecule is COc1ccccc1C(=O)N1CCCN(C(=O)Cn2cnc3c(oc4ccccc43)c2=O)CC1. The molecule has 5 rings (SSSR count). The molecule has 2 amide bonds. The molecule has 1 saturated heterocycles. The van der Waals surface area contributed by atoms with Crippen LogP contribution in [0.15, 0.2) is 64.1 Å². The van der Waals surface area contributed by atoms with Crippen molar-refractivity contribution in [2.75, 3.05) is 33.3 Å². The number of carbonyl (C=O) groups excluding carboxylic acids is 2. The lowest BCUT2D eigenvalue weighted by Gasteiger charge is -2.23. The second kappa shape index (κ2) is 9.01. The van der Waals surface area contributed by atoms with E-state index in [0.29, 0.717) is 55.0 Å². The molecule has 9 nitrogen and oxygen atoms in total. The summed E-state index contributed by atoms with van der Waals surface area (Å²) >= 11 is 0. The normalized spacial score (nSPS) is 14.4. The van der Waals surface area contributed by atoms with Crippen molar-refractivity contribution in [1.29, 1.82) is 0 Å². The number of rotatable bonds is 4. The van der Waals surface area contributed by atoms with Gasteiger partial charge in [-0.05, 0) is 30.7 Å². The number of ether oxygens (including phenoxy) is 1. The zero-order chi connectivity index (χ0) is 23.7. The molecule has 1 aliphatic heterocycles. The molecule has 0 unspecified atom stereocenters. The van der Waals surface area contributed by atoms with Crippen LogP contribution in [0.25, 0.3) is 22.1 Å². The summed E-state index contributed by atoms with van der Waals surface area (Å²) in [5.74, 6) is 0.200. The lowest BCUT2D eigenvalue weighted by Crippen LogP contribution is -2.40. The first-order valence-electron chi connectivity index (χ1n) is 11.1. The molecule has 0 saturated carbocycles. The van der Waals surface area contributed by atoms with Gasteiger partial charge in [0, 0.05) is 31.6 Å². The number of furan rings is 1. The predicted molar refractivity (Wildman–Crippen MR) is 126 cm³/mol. The summed E-state index contributed by atoms with van der Waals surface area (Å²) < 4.78 is 12.3. The van der Waals surface area contributed by atoms with E-state index in [9.17, 15) is 14.4 Å². The zero-order valence-corrected chi connectivity index (χ0v) is 18.8. The highest BCUT2D eigenvalue weighted by molar-refractivity contribution is 6.01. The van der Waals surface area contributed by atoms with Crippen molar-refractivity contribution in [2.24, 2.45) is 0 Å². The van der Waals surface area contributed by atoms with E-state index < -0.39 is 5.56 Å². The standard InChI is InChI=1S/C25H24N4O5/c1-33-19-9-4-3-8-18(19)24(31)28-12-6-11-27(13-14-28)21(30)15-29-16-26-22-17-7-2-5-10-20(17)34-23(22)25(29)32/h2-5,7-10,16H,6,11-15H2,1H3. The molecule has 9 heteroatoms. The first-order valence-corrected chi connectivity index (χ1v) is 11.1. The molecule has 34 heavy (non-hydrogen) atoms. The molecule has 3 heterocycles. The topological polar surface area (TPSA) is 97.9 Å². The van der Waals surface area contributed by atoms with Crippen LogP contribution in [0.2, 0.25) is 0 Å². The fourth-order valence-corrected chi connectivity index (χ4v) is 4.34. The third kappa shape index (κ3) is 3.89. The molecular weight excluding hydrogens is 436 g/mol. The van der Waals surface area contributed by atoms with Gasteiger partial charge < -0.3 is 19.0 Å². The number of hydrogen-bond donors (Lipinski definition) is 0. The van der Waals surface area contributed by atoms with Crippen molar-refractivity contribution in [1.82, 2.24) is 19.4 Å². The van der Waals surface area contributed by atoms with Crippen LogP contribution in [0.5, 0.6) is 5.75 Å². The van der Waals surface area contributed by atoms with Gasteiger partial charge in [0.15, 0.2) is 0 Å². The van der Waals surface area contributed by atoms with E-state index in [1.54, 1.807) is 34.1 Å². The van der Waals surface area contributed by atoms with Gasteiger partial charge in [0.25, 0.3) is 11.5 Å².